The van der Waals surface area contributed by atoms with Gasteiger partial charge in [-0.3, -0.25) is 14.8 Å². The Labute approximate surface area is 228 Å². The summed E-state index contributed by atoms with van der Waals surface area (Å²) in [5, 5.41) is 15.9. The van der Waals surface area contributed by atoms with Crippen LogP contribution < -0.4 is 15.3 Å². The van der Waals surface area contributed by atoms with E-state index in [1.54, 1.807) is 12.1 Å². The smallest absolute Gasteiger partial charge is 0.399 e. The lowest BCUT2D eigenvalue weighted by Gasteiger charge is -2.32. The van der Waals surface area contributed by atoms with E-state index in [-0.39, 0.29) is 10.6 Å². The summed E-state index contributed by atoms with van der Waals surface area (Å²) in [6.07, 6.45) is 8.68. The van der Waals surface area contributed by atoms with Crippen molar-refractivity contribution in [1.29, 1.82) is 0 Å². The van der Waals surface area contributed by atoms with Gasteiger partial charge in [0.2, 0.25) is 5.95 Å². The lowest BCUT2D eigenvalue weighted by Crippen LogP contribution is -2.41. The number of benzene rings is 1. The maximum atomic E-state index is 11.0. The minimum Gasteiger partial charge on any atom is -0.399 e. The molecule has 2 saturated heterocycles. The van der Waals surface area contributed by atoms with Crippen molar-refractivity contribution in [1.82, 2.24) is 19.7 Å². The molecule has 2 aromatic heterocycles. The molecular formula is C27H34BN7O4. The lowest BCUT2D eigenvalue weighted by molar-refractivity contribution is -0.384. The van der Waals surface area contributed by atoms with E-state index in [0.717, 1.165) is 61.7 Å². The summed E-state index contributed by atoms with van der Waals surface area (Å²) in [5.74, 6) is 0.729. The Balaban J connectivity index is 1.06. The maximum Gasteiger partial charge on any atom is 0.498 e. The molecule has 39 heavy (non-hydrogen) atoms. The summed E-state index contributed by atoms with van der Waals surface area (Å²) < 4.78 is 14.4. The predicted molar refractivity (Wildman–Crippen MR) is 148 cm³/mol. The number of hydrogen-bond donors (Lipinski definition) is 0. The molecule has 12 heteroatoms. The Morgan fingerprint density at radius 3 is 2.23 bits per heavy atom. The van der Waals surface area contributed by atoms with Gasteiger partial charge in [0.1, 0.15) is 0 Å². The number of fused-ring (bicyclic) bond motifs is 1. The molecule has 2 fully saturated rings. The van der Waals surface area contributed by atoms with Crippen LogP contribution in [0.1, 0.15) is 57.8 Å². The van der Waals surface area contributed by atoms with E-state index in [4.69, 9.17) is 14.4 Å². The molecule has 0 atom stereocenters. The van der Waals surface area contributed by atoms with Crippen LogP contribution in [0.3, 0.4) is 0 Å². The second kappa shape index (κ2) is 9.60. The van der Waals surface area contributed by atoms with Crippen molar-refractivity contribution in [2.24, 2.45) is 0 Å². The lowest BCUT2D eigenvalue weighted by atomic mass is 9.81. The highest BCUT2D eigenvalue weighted by atomic mass is 16.7. The van der Waals surface area contributed by atoms with E-state index < -0.39 is 18.3 Å². The summed E-state index contributed by atoms with van der Waals surface area (Å²) in [6, 6.07) is 7.10. The number of aromatic nitrogens is 4. The fraction of sp³-hybridized carbons (Fsp3) is 0.519. The first kappa shape index (κ1) is 25.8. The number of anilines is 2. The largest absolute Gasteiger partial charge is 0.498 e. The van der Waals surface area contributed by atoms with E-state index >= 15 is 0 Å². The van der Waals surface area contributed by atoms with Crippen LogP contribution in [0.5, 0.6) is 0 Å². The average Bonchev–Trinajstić information content (AvgIpc) is 3.45. The van der Waals surface area contributed by atoms with Crippen molar-refractivity contribution in [2.75, 3.05) is 29.4 Å². The van der Waals surface area contributed by atoms with Crippen LogP contribution in [-0.2, 0) is 22.3 Å². The highest BCUT2D eigenvalue weighted by molar-refractivity contribution is 6.61. The van der Waals surface area contributed by atoms with E-state index in [2.05, 4.69) is 30.6 Å². The first-order valence-electron chi connectivity index (χ1n) is 13.6. The van der Waals surface area contributed by atoms with E-state index in [0.29, 0.717) is 12.6 Å². The van der Waals surface area contributed by atoms with Gasteiger partial charge < -0.3 is 19.1 Å². The van der Waals surface area contributed by atoms with Crippen molar-refractivity contribution in [2.45, 2.75) is 70.7 Å². The Kier molecular flexibility index (Phi) is 6.34. The monoisotopic (exact) mass is 531 g/mol. The van der Waals surface area contributed by atoms with Crippen LogP contribution in [0.15, 0.2) is 42.9 Å². The van der Waals surface area contributed by atoms with Crippen molar-refractivity contribution in [3.05, 3.63) is 64.2 Å². The number of hydrogen-bond acceptors (Lipinski definition) is 9. The standard InChI is InChI=1S/C27H34BN7O4/c1-26(2)27(3,4)39-28(38-26)20-15-29-25(30-16-20)32-13-10-22(11-14-32)34-17-19-9-12-33(18-24(19)31-34)21-5-7-23(8-6-21)35(36)37/h5-8,15-17,22H,9-14,18H2,1-4H3. The summed E-state index contributed by atoms with van der Waals surface area (Å²) >= 11 is 0. The molecule has 6 rings (SSSR count). The Bertz CT molecular complexity index is 1340. The minimum atomic E-state index is -0.461. The maximum absolute atomic E-state index is 11.0. The SMILES string of the molecule is CC1(C)OB(c2cnc(N3CCC(n4cc5c(n4)CN(c4ccc([N+](=O)[O-])cc4)CC5)CC3)nc2)OC1(C)C. The third-order valence-electron chi connectivity index (χ3n) is 8.62. The van der Waals surface area contributed by atoms with Crippen LogP contribution in [0.2, 0.25) is 0 Å². The molecule has 0 radical (unpaired) electrons. The molecule has 0 amide bonds. The zero-order chi connectivity index (χ0) is 27.4. The molecule has 5 heterocycles. The summed E-state index contributed by atoms with van der Waals surface area (Å²) in [5.41, 5.74) is 3.51. The number of non-ortho nitro benzene ring substituents is 1. The summed E-state index contributed by atoms with van der Waals surface area (Å²) in [6.45, 7) is 11.5. The van der Waals surface area contributed by atoms with Crippen LogP contribution in [0, 0.1) is 10.1 Å². The highest BCUT2D eigenvalue weighted by Crippen LogP contribution is 2.36. The molecule has 204 valence electrons. The molecule has 0 bridgehead atoms. The first-order valence-corrected chi connectivity index (χ1v) is 13.6. The zero-order valence-electron chi connectivity index (χ0n) is 22.9. The van der Waals surface area contributed by atoms with Crippen LogP contribution in [-0.4, -0.2) is 62.6 Å². The van der Waals surface area contributed by atoms with E-state index in [1.165, 1.54) is 5.56 Å². The van der Waals surface area contributed by atoms with E-state index in [1.807, 2.05) is 52.2 Å². The zero-order valence-corrected chi connectivity index (χ0v) is 22.9. The third-order valence-corrected chi connectivity index (χ3v) is 8.62. The molecule has 0 unspecified atom stereocenters. The van der Waals surface area contributed by atoms with Gasteiger partial charge in [0, 0.05) is 61.5 Å². The van der Waals surface area contributed by atoms with Gasteiger partial charge in [-0.25, -0.2) is 9.97 Å². The van der Waals surface area contributed by atoms with Crippen LogP contribution >= 0.6 is 0 Å². The van der Waals surface area contributed by atoms with Gasteiger partial charge in [-0.2, -0.15) is 5.10 Å². The molecular weight excluding hydrogens is 497 g/mol. The molecule has 3 aromatic rings. The number of rotatable bonds is 5. The second-order valence-electron chi connectivity index (χ2n) is 11.6. The number of nitro benzene ring substituents is 1. The summed E-state index contributed by atoms with van der Waals surface area (Å²) in [4.78, 5) is 24.3. The normalized spacial score (nSPS) is 20.8. The topological polar surface area (TPSA) is 112 Å². The average molecular weight is 531 g/mol. The molecule has 0 saturated carbocycles. The Morgan fingerprint density at radius 1 is 0.974 bits per heavy atom. The third kappa shape index (κ3) is 4.87. The molecule has 0 spiro atoms. The van der Waals surface area contributed by atoms with Crippen LogP contribution in [0.25, 0.3) is 0 Å². The predicted octanol–water partition coefficient (Wildman–Crippen LogP) is 3.28. The van der Waals surface area contributed by atoms with Gasteiger partial charge in [0.05, 0.1) is 34.4 Å². The van der Waals surface area contributed by atoms with Crippen molar-refractivity contribution in [3.63, 3.8) is 0 Å². The van der Waals surface area contributed by atoms with Gasteiger partial charge in [-0.05, 0) is 64.7 Å². The van der Waals surface area contributed by atoms with Crippen molar-refractivity contribution in [3.8, 4) is 0 Å². The molecule has 3 aliphatic heterocycles. The second-order valence-corrected chi connectivity index (χ2v) is 11.6. The molecule has 3 aliphatic rings. The first-order chi connectivity index (χ1) is 18.6. The fourth-order valence-corrected chi connectivity index (χ4v) is 5.44. The molecule has 11 nitrogen and oxygen atoms in total. The van der Waals surface area contributed by atoms with Crippen molar-refractivity contribution >= 4 is 29.9 Å². The van der Waals surface area contributed by atoms with Gasteiger partial charge in [0.15, 0.2) is 0 Å². The highest BCUT2D eigenvalue weighted by Gasteiger charge is 2.52. The van der Waals surface area contributed by atoms with Crippen LogP contribution in [0.4, 0.5) is 17.3 Å². The van der Waals surface area contributed by atoms with Gasteiger partial charge in [-0.1, -0.05) is 0 Å². The van der Waals surface area contributed by atoms with Gasteiger partial charge in [0.25, 0.3) is 5.69 Å². The molecule has 1 aromatic carbocycles. The van der Waals surface area contributed by atoms with Gasteiger partial charge in [-0.15, -0.1) is 0 Å². The summed E-state index contributed by atoms with van der Waals surface area (Å²) in [7, 11) is -0.461. The quantitative estimate of drug-likeness (QED) is 0.278. The number of nitro groups is 1. The number of piperidine rings is 1. The molecule has 0 N–H and O–H groups in total. The Hall–Kier alpha value is -3.51. The Morgan fingerprint density at radius 2 is 1.62 bits per heavy atom. The molecule has 0 aliphatic carbocycles. The van der Waals surface area contributed by atoms with Crippen molar-refractivity contribution < 1.29 is 14.2 Å². The van der Waals surface area contributed by atoms with E-state index in [9.17, 15) is 10.1 Å². The minimum absolute atomic E-state index is 0.110. The fourth-order valence-electron chi connectivity index (χ4n) is 5.44. The number of nitrogens with zero attached hydrogens (tertiary/aromatic N) is 7. The van der Waals surface area contributed by atoms with Gasteiger partial charge >= 0.3 is 7.12 Å².